The smallest absolute Gasteiger partial charge is 1.00 e. The molecule has 0 unspecified atom stereocenters. The van der Waals surface area contributed by atoms with Gasteiger partial charge >= 0.3 is 26.2 Å². The minimum atomic E-state index is 0. The second-order valence-corrected chi connectivity index (χ2v) is 6.57. The van der Waals surface area contributed by atoms with Crippen molar-refractivity contribution in [1.29, 1.82) is 0 Å². The number of benzene rings is 2. The zero-order chi connectivity index (χ0) is 15.6. The van der Waals surface area contributed by atoms with E-state index >= 15 is 0 Å². The maximum absolute atomic E-state index is 3.52. The van der Waals surface area contributed by atoms with Gasteiger partial charge in [-0.3, -0.25) is 0 Å². The van der Waals surface area contributed by atoms with Crippen LogP contribution in [0, 0.1) is 13.0 Å². The first-order valence-electron chi connectivity index (χ1n) is 8.22. The molecular formula is C22H18Cl2NZr. The van der Waals surface area contributed by atoms with E-state index in [2.05, 4.69) is 73.2 Å². The monoisotopic (exact) mass is 456 g/mol. The zero-order valence-electron chi connectivity index (χ0n) is 14.7. The third kappa shape index (κ3) is 2.87. The van der Waals surface area contributed by atoms with Crippen LogP contribution < -0.4 is 24.8 Å². The van der Waals surface area contributed by atoms with Crippen molar-refractivity contribution in [3.63, 3.8) is 0 Å². The van der Waals surface area contributed by atoms with Crippen LogP contribution >= 0.6 is 0 Å². The van der Waals surface area contributed by atoms with Gasteiger partial charge in [0, 0.05) is 18.1 Å². The molecule has 0 N–H and O–H groups in total. The maximum atomic E-state index is 3.52. The third-order valence-corrected chi connectivity index (χ3v) is 5.28. The first-order valence-corrected chi connectivity index (χ1v) is 8.22. The molecule has 26 heavy (non-hydrogen) atoms. The van der Waals surface area contributed by atoms with Crippen LogP contribution in [0.4, 0.5) is 0 Å². The summed E-state index contributed by atoms with van der Waals surface area (Å²) < 4.78 is 2.37. The van der Waals surface area contributed by atoms with Crippen molar-refractivity contribution < 1.29 is 51.0 Å². The first kappa shape index (κ1) is 21.2. The summed E-state index contributed by atoms with van der Waals surface area (Å²) in [6, 6.07) is 13.3. The Hall–Kier alpha value is -1.08. The second kappa shape index (κ2) is 7.89. The van der Waals surface area contributed by atoms with Gasteiger partial charge in [-0.1, -0.05) is 49.2 Å². The van der Waals surface area contributed by atoms with E-state index in [4.69, 9.17) is 0 Å². The van der Waals surface area contributed by atoms with E-state index in [-0.39, 0.29) is 51.0 Å². The van der Waals surface area contributed by atoms with Crippen molar-refractivity contribution in [2.45, 2.75) is 19.8 Å². The van der Waals surface area contributed by atoms with E-state index in [0.717, 1.165) is 12.8 Å². The summed E-state index contributed by atoms with van der Waals surface area (Å²) in [6.07, 6.45) is 9.92. The minimum Gasteiger partial charge on any atom is -1.00 e. The third-order valence-electron chi connectivity index (χ3n) is 5.28. The average Bonchev–Trinajstić information content (AvgIpc) is 3.25. The molecule has 2 aliphatic carbocycles. The van der Waals surface area contributed by atoms with Crippen LogP contribution in [0.2, 0.25) is 0 Å². The Labute approximate surface area is 186 Å². The quantitative estimate of drug-likeness (QED) is 0.330. The predicted octanol–water partition coefficient (Wildman–Crippen LogP) is -0.790. The molecule has 5 rings (SSSR count). The van der Waals surface area contributed by atoms with Gasteiger partial charge in [0.05, 0.1) is 5.69 Å². The normalized spacial score (nSPS) is 13.4. The summed E-state index contributed by atoms with van der Waals surface area (Å²) in [6.45, 7) is 2.22. The molecule has 0 bridgehead atoms. The van der Waals surface area contributed by atoms with Crippen molar-refractivity contribution in [3.8, 4) is 11.3 Å². The topological polar surface area (TPSA) is 4.93 Å². The molecule has 3 aromatic rings. The van der Waals surface area contributed by atoms with E-state index in [1.165, 1.54) is 50.0 Å². The molecule has 0 amide bonds. The fourth-order valence-electron chi connectivity index (χ4n) is 4.26. The van der Waals surface area contributed by atoms with Gasteiger partial charge in [-0.2, -0.15) is 17.7 Å². The van der Waals surface area contributed by atoms with E-state index in [0.29, 0.717) is 0 Å². The van der Waals surface area contributed by atoms with Crippen LogP contribution in [0.25, 0.3) is 27.7 Å². The second-order valence-electron chi connectivity index (χ2n) is 6.57. The maximum Gasteiger partial charge on any atom is 3.00 e. The Kier molecular flexibility index (Phi) is 6.44. The summed E-state index contributed by atoms with van der Waals surface area (Å²) in [7, 11) is 2.20. The van der Waals surface area contributed by atoms with Crippen LogP contribution in [-0.2, 0) is 39.7 Å². The van der Waals surface area contributed by atoms with Gasteiger partial charge in [0.25, 0.3) is 0 Å². The standard InChI is InChI=1S/C22H18N.2ClH.Zr/c1-14-11-12-19-21(20(14)15-7-3-4-8-15)18-13-16-9-5-6-10-17(16)22(18)23(19)2;;;/h3,5-7,9-12H,4,13H2,1-2H3;2*1H;/q-1;;;+3/p-2. The fourth-order valence-corrected chi connectivity index (χ4v) is 4.26. The van der Waals surface area contributed by atoms with E-state index in [1.807, 2.05) is 0 Å². The summed E-state index contributed by atoms with van der Waals surface area (Å²) in [5, 5.41) is 1.42. The Morgan fingerprint density at radius 3 is 2.54 bits per heavy atom. The molecule has 0 saturated heterocycles. The van der Waals surface area contributed by atoms with E-state index < -0.39 is 0 Å². The van der Waals surface area contributed by atoms with Crippen LogP contribution in [0.1, 0.15) is 28.7 Å². The molecule has 0 saturated carbocycles. The first-order chi connectivity index (χ1) is 11.3. The molecule has 0 fully saturated rings. The Morgan fingerprint density at radius 2 is 1.81 bits per heavy atom. The van der Waals surface area contributed by atoms with Crippen molar-refractivity contribution in [2.75, 3.05) is 0 Å². The number of fused-ring (bicyclic) bond motifs is 5. The van der Waals surface area contributed by atoms with Gasteiger partial charge in [0.2, 0.25) is 0 Å². The summed E-state index contributed by atoms with van der Waals surface area (Å²) in [5.41, 5.74) is 11.0. The average molecular weight is 459 g/mol. The van der Waals surface area contributed by atoms with Crippen LogP contribution in [0.15, 0.2) is 48.6 Å². The minimum absolute atomic E-state index is 0. The van der Waals surface area contributed by atoms with Gasteiger partial charge in [0.1, 0.15) is 0 Å². The van der Waals surface area contributed by atoms with Crippen LogP contribution in [0.3, 0.4) is 0 Å². The fraction of sp³-hybridized carbons (Fsp3) is 0.182. The Balaban J connectivity index is 0.000000810. The molecule has 4 heteroatoms. The van der Waals surface area contributed by atoms with Crippen LogP contribution in [0.5, 0.6) is 0 Å². The van der Waals surface area contributed by atoms with Gasteiger partial charge in [-0.25, -0.2) is 0 Å². The number of aryl methyl sites for hydroxylation is 2. The molecule has 1 nitrogen and oxygen atoms in total. The molecule has 1 radical (unpaired) electrons. The summed E-state index contributed by atoms with van der Waals surface area (Å²) in [5.74, 6) is 0. The Bertz CT molecular complexity index is 1040. The molecule has 0 aliphatic heterocycles. The number of halogens is 2. The van der Waals surface area contributed by atoms with E-state index in [9.17, 15) is 0 Å². The van der Waals surface area contributed by atoms with Crippen molar-refractivity contribution in [2.24, 2.45) is 7.05 Å². The molecule has 1 heterocycles. The molecule has 2 aliphatic rings. The van der Waals surface area contributed by atoms with Gasteiger partial charge < -0.3 is 29.4 Å². The van der Waals surface area contributed by atoms with Crippen molar-refractivity contribution in [3.05, 3.63) is 76.9 Å². The summed E-state index contributed by atoms with van der Waals surface area (Å²) >= 11 is 0. The van der Waals surface area contributed by atoms with Crippen molar-refractivity contribution >= 4 is 16.5 Å². The number of rotatable bonds is 1. The number of hydrogen-bond donors (Lipinski definition) is 0. The number of aromatic nitrogens is 1. The molecular weight excluding hydrogens is 440 g/mol. The molecule has 0 spiro atoms. The molecule has 129 valence electrons. The van der Waals surface area contributed by atoms with Gasteiger partial charge in [0.15, 0.2) is 0 Å². The molecule has 1 aromatic heterocycles. The van der Waals surface area contributed by atoms with Gasteiger partial charge in [-0.15, -0.1) is 11.6 Å². The number of allylic oxidation sites excluding steroid dienone is 4. The van der Waals surface area contributed by atoms with Crippen LogP contribution in [-0.4, -0.2) is 4.57 Å². The Morgan fingerprint density at radius 1 is 1.04 bits per heavy atom. The summed E-state index contributed by atoms with van der Waals surface area (Å²) in [4.78, 5) is 0. The zero-order valence-corrected chi connectivity index (χ0v) is 18.7. The van der Waals surface area contributed by atoms with E-state index in [1.54, 1.807) is 0 Å². The molecule has 2 aromatic carbocycles. The molecule has 0 atom stereocenters. The van der Waals surface area contributed by atoms with Crippen molar-refractivity contribution in [1.82, 2.24) is 4.57 Å². The number of nitrogens with zero attached hydrogens (tertiary/aromatic N) is 1. The largest absolute Gasteiger partial charge is 3.00 e. The van der Waals surface area contributed by atoms with Gasteiger partial charge in [-0.05, 0) is 29.0 Å². The predicted molar refractivity (Wildman–Crippen MR) is 96.3 cm³/mol. The SMILES string of the molecule is Cc1ccc2c(c3c(n2C)-c2ccccc2C3)c1C1=[C-]CC=C1.[Cl-].[Cl-].[Zr+3]. The number of hydrogen-bond acceptors (Lipinski definition) is 0.